The summed E-state index contributed by atoms with van der Waals surface area (Å²) in [5.74, 6) is 3.80. The van der Waals surface area contributed by atoms with Gasteiger partial charge in [0.15, 0.2) is 5.79 Å². The van der Waals surface area contributed by atoms with Crippen molar-refractivity contribution in [3.8, 4) is 0 Å². The molecule has 8 heterocycles. The molecule has 3 unspecified atom stereocenters. The van der Waals surface area contributed by atoms with Crippen LogP contribution in [0.1, 0.15) is 187 Å². The number of benzene rings is 5. The molecule has 676 valence electrons. The van der Waals surface area contributed by atoms with Crippen LogP contribution in [0.15, 0.2) is 194 Å². The maximum Gasteiger partial charge on any atom is 0.274 e. The Morgan fingerprint density at radius 2 is 0.825 bits per heavy atom. The van der Waals surface area contributed by atoms with Crippen LogP contribution in [0.3, 0.4) is 0 Å². The van der Waals surface area contributed by atoms with Crippen molar-refractivity contribution in [2.75, 3.05) is 97.3 Å². The molecule has 3 atom stereocenters. The van der Waals surface area contributed by atoms with Gasteiger partial charge in [0.2, 0.25) is 0 Å². The Kier molecular flexibility index (Phi) is 37.5. The van der Waals surface area contributed by atoms with Crippen molar-refractivity contribution in [2.24, 2.45) is 31.8 Å². The van der Waals surface area contributed by atoms with Crippen molar-refractivity contribution >= 4 is 91.0 Å². The number of hydrogen-bond acceptors (Lipinski definition) is 15. The number of aliphatic imine (C=N–C) groups is 4. The number of carbonyl (C=O) groups excluding carboxylic acids is 5. The molecule has 0 bridgehead atoms. The van der Waals surface area contributed by atoms with Crippen molar-refractivity contribution < 1.29 is 60.3 Å². The first kappa shape index (κ1) is 97.1. The van der Waals surface area contributed by atoms with Gasteiger partial charge in [-0.2, -0.15) is 5.10 Å². The first-order valence-corrected chi connectivity index (χ1v) is 47.6. The number of H-pyrrole nitrogens is 1. The lowest BCUT2D eigenvalue weighted by Gasteiger charge is -2.36. The molecule has 5 amide bonds. The minimum atomic E-state index is -2.06. The predicted molar refractivity (Wildman–Crippen MR) is 496 cm³/mol. The number of nitrogens with one attached hydrogen (secondary N) is 1. The van der Waals surface area contributed by atoms with Crippen LogP contribution < -0.4 is 0 Å². The van der Waals surface area contributed by atoms with E-state index in [4.69, 9.17) is 42.1 Å². The lowest BCUT2D eigenvalue weighted by molar-refractivity contribution is -0.182. The Balaban J connectivity index is 0.000000153. The summed E-state index contributed by atoms with van der Waals surface area (Å²) < 4.78 is 77.1. The Labute approximate surface area is 752 Å². The van der Waals surface area contributed by atoms with Crippen molar-refractivity contribution in [3.05, 3.63) is 241 Å². The van der Waals surface area contributed by atoms with Gasteiger partial charge in [-0.1, -0.05) is 133 Å². The van der Waals surface area contributed by atoms with Gasteiger partial charge < -0.3 is 43.4 Å². The quantitative estimate of drug-likeness (QED) is 0.0416. The summed E-state index contributed by atoms with van der Waals surface area (Å²) in [4.78, 5) is 90.6. The topological polar surface area (TPSA) is 234 Å². The van der Waals surface area contributed by atoms with E-state index in [1.807, 2.05) is 123 Å². The highest BCUT2D eigenvalue weighted by atomic mass is 35.5. The van der Waals surface area contributed by atoms with Crippen LogP contribution in [0.5, 0.6) is 0 Å². The van der Waals surface area contributed by atoms with Crippen LogP contribution in [0.2, 0.25) is 10.0 Å². The number of allylic oxidation sites excluding steroid dienone is 4. The molecule has 6 aromatic rings. The minimum absolute atomic E-state index is 0.00410. The smallest absolute Gasteiger partial charge is 0.274 e. The van der Waals surface area contributed by atoms with Gasteiger partial charge in [0.1, 0.15) is 23.1 Å². The molecular formula is C99H124Cl2F3N11O10S. The second-order valence-electron chi connectivity index (χ2n) is 34.3. The summed E-state index contributed by atoms with van der Waals surface area (Å²) in [6.07, 6.45) is 28.1. The Hall–Kier alpha value is -9.47. The van der Waals surface area contributed by atoms with Crippen LogP contribution in [-0.2, 0) is 80.4 Å². The van der Waals surface area contributed by atoms with E-state index < -0.39 is 9.52 Å². The zero-order valence-electron chi connectivity index (χ0n) is 74.0. The lowest BCUT2D eigenvalue weighted by Crippen LogP contribution is -2.37. The number of aromatic nitrogens is 2. The fourth-order valence-corrected chi connectivity index (χ4v) is 18.0. The number of nitrogens with zero attached hydrogens (tertiary/aromatic N) is 10. The summed E-state index contributed by atoms with van der Waals surface area (Å²) in [5, 5.41) is 8.25. The number of aryl methyl sites for hydroxylation is 1. The monoisotopic (exact) mass is 1790 g/mol. The number of halogens is 5. The lowest BCUT2D eigenvalue weighted by atomic mass is 9.83. The van der Waals surface area contributed by atoms with Crippen molar-refractivity contribution in [1.82, 2.24) is 34.7 Å². The highest BCUT2D eigenvalue weighted by Gasteiger charge is 2.41. The SMILES string of the molecule is C=S(C)(=O)CCCN(Cc1ccccc1Cl)C(=O)C1=CC(C)=NC1.CC1=NCC(C(=O)N(CCC2CCCCO2)Cc2ccccc2Cl)=C1.CC1=NCC(C(=O)N(CCC2CCCO2)Cc2ccccc2F)=C1.CC1=NCC(C(=O)N(Cc2ccccc2F)CC2CCCCC2)=C1.Cc1cc(C(=O)N(CCC2CCC3(CC2)OCCO3)Cc2ccccc2F)n[nH]1. The van der Waals surface area contributed by atoms with E-state index in [-0.39, 0.29) is 78.1 Å². The van der Waals surface area contributed by atoms with Crippen LogP contribution in [0.4, 0.5) is 13.2 Å². The van der Waals surface area contributed by atoms with Gasteiger partial charge >= 0.3 is 0 Å². The van der Waals surface area contributed by atoms with Crippen molar-refractivity contribution in [2.45, 2.75) is 201 Å². The highest BCUT2D eigenvalue weighted by molar-refractivity contribution is 7.99. The summed E-state index contributed by atoms with van der Waals surface area (Å²) >= 11 is 12.5. The van der Waals surface area contributed by atoms with Crippen LogP contribution in [0.25, 0.3) is 0 Å². The molecule has 1 N–H and O–H groups in total. The Morgan fingerprint density at radius 1 is 0.452 bits per heavy atom. The van der Waals surface area contributed by atoms with E-state index in [9.17, 15) is 41.4 Å². The summed E-state index contributed by atoms with van der Waals surface area (Å²) in [7, 11) is -2.06. The molecule has 7 aliphatic heterocycles. The molecule has 21 nitrogen and oxygen atoms in total. The molecule has 126 heavy (non-hydrogen) atoms. The molecule has 2 aliphatic carbocycles. The third kappa shape index (κ3) is 30.4. The number of carbonyl (C=O) groups is 5. The summed E-state index contributed by atoms with van der Waals surface area (Å²) in [5.41, 5.74) is 11.1. The molecule has 2 saturated carbocycles. The zero-order chi connectivity index (χ0) is 89.5. The van der Waals surface area contributed by atoms with E-state index in [0.717, 1.165) is 147 Å². The zero-order valence-corrected chi connectivity index (χ0v) is 76.3. The van der Waals surface area contributed by atoms with Gasteiger partial charge in [0, 0.05) is 181 Å². The fraction of sp³-hybridized carbons (Fsp3) is 0.485. The van der Waals surface area contributed by atoms with Gasteiger partial charge in [-0.05, 0) is 217 Å². The molecule has 9 aliphatic rings. The minimum Gasteiger partial charge on any atom is -0.378 e. The van der Waals surface area contributed by atoms with Crippen LogP contribution >= 0.6 is 23.2 Å². The molecular weight excluding hydrogens is 1660 g/mol. The molecule has 5 fully saturated rings. The van der Waals surface area contributed by atoms with Gasteiger partial charge in [-0.15, -0.1) is 0 Å². The van der Waals surface area contributed by atoms with Gasteiger partial charge in [0.25, 0.3) is 29.5 Å². The number of amides is 5. The normalized spacial score (nSPS) is 18.8. The predicted octanol–water partition coefficient (Wildman–Crippen LogP) is 17.9. The summed E-state index contributed by atoms with van der Waals surface area (Å²) in [6.45, 7) is 19.0. The van der Waals surface area contributed by atoms with E-state index in [1.165, 1.54) is 43.9 Å². The maximum absolute atomic E-state index is 14.2. The van der Waals surface area contributed by atoms with Crippen molar-refractivity contribution in [3.63, 3.8) is 0 Å². The maximum atomic E-state index is 14.2. The van der Waals surface area contributed by atoms with Crippen molar-refractivity contribution in [1.29, 1.82) is 0 Å². The standard InChI is InChI=1S/C22H28FN3O3.C20H25ClN2O2.C20H25FN2O.C19H23FN2O2.C18H23ClN2O2S/c1-16-14-20(25-24-16)21(27)26(15-18-4-2-3-5-19(18)23)11-8-17-6-9-22(10-7-17)28-12-13-29-22;1-15-12-17(13-22-15)20(24)23(10-9-18-7-4-5-11-25-18)14-16-6-2-3-8-19(16)21;1-15-11-18(12-22-15)20(24)23(13-16-7-3-2-4-8-16)14-17-9-5-6-10-19(17)21;1-14-11-16(12-21-14)19(23)22(9-8-17-6-4-10-24-17)13-15-5-2-3-7-18(15)20;1-14-11-16(12-20-14)18(22)21(9-6-10-24(2,3)23)13-15-7-4-5-8-17(15)19/h2-5,14,17H,6-13,15H2,1H3,(H,24,25);2-3,6,8,12,18H,4-5,7,9-11,13-14H2,1H3;5-6,9-11,16H,2-4,7-8,12-14H2,1H3;2-3,5,7,11,17H,4,6,8-10,12-13H2,1H3;4-5,7-8,11H,2,6,9-10,12-13H2,1,3H3. The fourth-order valence-electron chi connectivity index (χ4n) is 16.9. The second-order valence-corrected chi connectivity index (χ2v) is 37.9. The van der Waals surface area contributed by atoms with E-state index >= 15 is 0 Å². The third-order valence-corrected chi connectivity index (χ3v) is 25.9. The largest absolute Gasteiger partial charge is 0.378 e. The number of ether oxygens (including phenoxy) is 4. The van der Waals surface area contributed by atoms with E-state index in [1.54, 1.807) is 75.6 Å². The third-order valence-electron chi connectivity index (χ3n) is 24.0. The molecule has 27 heteroatoms. The van der Waals surface area contributed by atoms with Crippen LogP contribution in [0, 0.1) is 36.2 Å². The second kappa shape index (κ2) is 48.6. The molecule has 0 radical (unpaired) electrons. The number of hydrogen-bond donors (Lipinski definition) is 1. The van der Waals surface area contributed by atoms with Gasteiger partial charge in [0.05, 0.1) is 51.6 Å². The average Bonchev–Trinajstić information content (AvgIpc) is 1.61. The highest BCUT2D eigenvalue weighted by Crippen LogP contribution is 2.40. The Morgan fingerprint density at radius 3 is 1.21 bits per heavy atom. The molecule has 3 saturated heterocycles. The first-order valence-electron chi connectivity index (χ1n) is 44.5. The van der Waals surface area contributed by atoms with Gasteiger partial charge in [-0.3, -0.25) is 53.2 Å². The molecule has 5 aromatic carbocycles. The summed E-state index contributed by atoms with van der Waals surface area (Å²) in [6, 6.07) is 36.9. The molecule has 1 aromatic heterocycles. The number of aromatic amines is 1. The van der Waals surface area contributed by atoms with E-state index in [2.05, 4.69) is 36.0 Å². The average molecular weight is 1790 g/mol. The van der Waals surface area contributed by atoms with Gasteiger partial charge in [-0.25, -0.2) is 13.2 Å². The van der Waals surface area contributed by atoms with E-state index in [0.29, 0.717) is 159 Å². The Bertz CT molecular complexity index is 5070. The number of rotatable bonds is 30. The molecule has 1 spiro atoms. The van der Waals surface area contributed by atoms with Crippen LogP contribution in [-0.4, -0.2) is 212 Å². The molecule has 15 rings (SSSR count). The first-order chi connectivity index (χ1) is 60.7.